The minimum atomic E-state index is -0.458. The molecule has 116 valence electrons. The SMILES string of the molecule is Cc1ccc(OCCCNC(=O)Nc2ccccc2F)cc1. The highest BCUT2D eigenvalue weighted by molar-refractivity contribution is 5.89. The normalized spacial score (nSPS) is 10.1. The zero-order chi connectivity index (χ0) is 15.8. The number of para-hydroxylation sites is 1. The summed E-state index contributed by atoms with van der Waals surface area (Å²) in [6.45, 7) is 2.97. The lowest BCUT2D eigenvalue weighted by atomic mass is 10.2. The molecule has 0 bridgehead atoms. The van der Waals surface area contributed by atoms with E-state index in [4.69, 9.17) is 4.74 Å². The lowest BCUT2D eigenvalue weighted by molar-refractivity contribution is 0.250. The second kappa shape index (κ2) is 8.02. The molecule has 0 radical (unpaired) electrons. The van der Waals surface area contributed by atoms with E-state index >= 15 is 0 Å². The molecule has 0 saturated carbocycles. The van der Waals surface area contributed by atoms with Crippen LogP contribution in [0.15, 0.2) is 48.5 Å². The van der Waals surface area contributed by atoms with Gasteiger partial charge in [0.25, 0.3) is 0 Å². The number of hydrogen-bond acceptors (Lipinski definition) is 2. The van der Waals surface area contributed by atoms with Crippen LogP contribution in [0.4, 0.5) is 14.9 Å². The third-order valence-corrected chi connectivity index (χ3v) is 3.02. The predicted octanol–water partition coefficient (Wildman–Crippen LogP) is 3.72. The molecule has 0 unspecified atom stereocenters. The summed E-state index contributed by atoms with van der Waals surface area (Å²) in [5, 5.41) is 5.12. The van der Waals surface area contributed by atoms with Gasteiger partial charge in [-0.05, 0) is 37.6 Å². The van der Waals surface area contributed by atoms with E-state index in [1.807, 2.05) is 31.2 Å². The second-order valence-electron chi connectivity index (χ2n) is 4.88. The van der Waals surface area contributed by atoms with Crippen LogP contribution in [0.25, 0.3) is 0 Å². The van der Waals surface area contributed by atoms with Crippen LogP contribution in [0.2, 0.25) is 0 Å². The van der Waals surface area contributed by atoms with Crippen LogP contribution in [-0.2, 0) is 0 Å². The number of amides is 2. The molecule has 0 saturated heterocycles. The molecule has 0 atom stereocenters. The average molecular weight is 302 g/mol. The Morgan fingerprint density at radius 3 is 2.59 bits per heavy atom. The summed E-state index contributed by atoms with van der Waals surface area (Å²) in [7, 11) is 0. The number of nitrogens with one attached hydrogen (secondary N) is 2. The van der Waals surface area contributed by atoms with Crippen molar-refractivity contribution in [2.45, 2.75) is 13.3 Å². The Morgan fingerprint density at radius 1 is 1.14 bits per heavy atom. The zero-order valence-corrected chi connectivity index (χ0v) is 12.4. The van der Waals surface area contributed by atoms with Gasteiger partial charge in [0, 0.05) is 6.54 Å². The second-order valence-corrected chi connectivity index (χ2v) is 4.88. The standard InChI is InChI=1S/C17H19FN2O2/c1-13-7-9-14(10-8-13)22-12-4-11-19-17(21)20-16-6-3-2-5-15(16)18/h2-3,5-10H,4,11-12H2,1H3,(H2,19,20,21). The van der Waals surface area contributed by atoms with Gasteiger partial charge in [-0.2, -0.15) is 0 Å². The largest absolute Gasteiger partial charge is 0.494 e. The van der Waals surface area contributed by atoms with Crippen LogP contribution >= 0.6 is 0 Å². The fourth-order valence-electron chi connectivity index (χ4n) is 1.83. The van der Waals surface area contributed by atoms with Crippen LogP contribution in [0, 0.1) is 12.7 Å². The van der Waals surface area contributed by atoms with Crippen molar-refractivity contribution in [1.29, 1.82) is 0 Å². The van der Waals surface area contributed by atoms with E-state index in [-0.39, 0.29) is 5.69 Å². The highest BCUT2D eigenvalue weighted by Gasteiger charge is 2.04. The van der Waals surface area contributed by atoms with Crippen LogP contribution in [0.3, 0.4) is 0 Å². The number of hydrogen-bond donors (Lipinski definition) is 2. The smallest absolute Gasteiger partial charge is 0.319 e. The topological polar surface area (TPSA) is 50.4 Å². The maximum absolute atomic E-state index is 13.3. The van der Waals surface area contributed by atoms with E-state index in [9.17, 15) is 9.18 Å². The van der Waals surface area contributed by atoms with Gasteiger partial charge in [-0.25, -0.2) is 9.18 Å². The molecule has 22 heavy (non-hydrogen) atoms. The molecule has 2 aromatic rings. The Balaban J connectivity index is 1.63. The Kier molecular flexibility index (Phi) is 5.77. The lowest BCUT2D eigenvalue weighted by Crippen LogP contribution is -2.30. The molecule has 5 heteroatoms. The molecule has 2 rings (SSSR count). The van der Waals surface area contributed by atoms with Gasteiger partial charge < -0.3 is 15.4 Å². The van der Waals surface area contributed by atoms with Crippen LogP contribution in [-0.4, -0.2) is 19.2 Å². The number of benzene rings is 2. The van der Waals surface area contributed by atoms with Gasteiger partial charge in [-0.3, -0.25) is 0 Å². The van der Waals surface area contributed by atoms with Crippen molar-refractivity contribution in [3.05, 3.63) is 59.9 Å². The summed E-state index contributed by atoms with van der Waals surface area (Å²) >= 11 is 0. The third-order valence-electron chi connectivity index (χ3n) is 3.02. The quantitative estimate of drug-likeness (QED) is 0.799. The molecule has 0 aliphatic rings. The number of halogens is 1. The van der Waals surface area contributed by atoms with Gasteiger partial charge in [0.05, 0.1) is 12.3 Å². The number of carbonyl (C=O) groups is 1. The third kappa shape index (κ3) is 5.09. The first-order valence-corrected chi connectivity index (χ1v) is 7.14. The van der Waals surface area contributed by atoms with E-state index in [1.54, 1.807) is 12.1 Å². The minimum Gasteiger partial charge on any atom is -0.494 e. The predicted molar refractivity (Wildman–Crippen MR) is 84.7 cm³/mol. The maximum atomic E-state index is 13.3. The molecule has 0 spiro atoms. The fraction of sp³-hybridized carbons (Fsp3) is 0.235. The first-order valence-electron chi connectivity index (χ1n) is 7.14. The summed E-state index contributed by atoms with van der Waals surface area (Å²) in [5.74, 6) is 0.349. The molecule has 0 heterocycles. The number of rotatable bonds is 6. The van der Waals surface area contributed by atoms with Gasteiger partial charge in [0.2, 0.25) is 0 Å². The first kappa shape index (κ1) is 15.8. The highest BCUT2D eigenvalue weighted by atomic mass is 19.1. The Labute approximate surface area is 129 Å². The molecular weight excluding hydrogens is 283 g/mol. The van der Waals surface area contributed by atoms with Crippen molar-refractivity contribution >= 4 is 11.7 Å². The summed E-state index contributed by atoms with van der Waals surface area (Å²) in [6.07, 6.45) is 0.665. The molecule has 0 aliphatic carbocycles. The van der Waals surface area contributed by atoms with E-state index < -0.39 is 11.8 Å². The highest BCUT2D eigenvalue weighted by Crippen LogP contribution is 2.12. The van der Waals surface area contributed by atoms with E-state index in [0.29, 0.717) is 19.6 Å². The molecule has 2 amide bonds. The molecule has 4 nitrogen and oxygen atoms in total. The minimum absolute atomic E-state index is 0.163. The molecule has 0 fully saturated rings. The Hall–Kier alpha value is -2.56. The Morgan fingerprint density at radius 2 is 1.86 bits per heavy atom. The number of aryl methyl sites for hydroxylation is 1. The molecular formula is C17H19FN2O2. The Bertz CT molecular complexity index is 614. The van der Waals surface area contributed by atoms with E-state index in [1.165, 1.54) is 17.7 Å². The average Bonchev–Trinajstić information content (AvgIpc) is 2.51. The molecule has 2 N–H and O–H groups in total. The van der Waals surface area contributed by atoms with Crippen molar-refractivity contribution in [2.75, 3.05) is 18.5 Å². The summed E-state index contributed by atoms with van der Waals surface area (Å²) < 4.78 is 18.9. The van der Waals surface area contributed by atoms with Gasteiger partial charge in [0.1, 0.15) is 11.6 Å². The van der Waals surface area contributed by atoms with Crippen molar-refractivity contribution in [3.8, 4) is 5.75 Å². The van der Waals surface area contributed by atoms with Crippen LogP contribution < -0.4 is 15.4 Å². The molecule has 0 aromatic heterocycles. The zero-order valence-electron chi connectivity index (χ0n) is 12.4. The summed E-state index contributed by atoms with van der Waals surface area (Å²) in [4.78, 5) is 11.6. The number of carbonyl (C=O) groups excluding carboxylic acids is 1. The van der Waals surface area contributed by atoms with E-state index in [2.05, 4.69) is 10.6 Å². The van der Waals surface area contributed by atoms with Crippen molar-refractivity contribution < 1.29 is 13.9 Å². The fourth-order valence-corrected chi connectivity index (χ4v) is 1.83. The lowest BCUT2D eigenvalue weighted by Gasteiger charge is -2.09. The van der Waals surface area contributed by atoms with Crippen molar-refractivity contribution in [3.63, 3.8) is 0 Å². The molecule has 0 aliphatic heterocycles. The number of ether oxygens (including phenoxy) is 1. The van der Waals surface area contributed by atoms with Gasteiger partial charge >= 0.3 is 6.03 Å². The van der Waals surface area contributed by atoms with Crippen molar-refractivity contribution in [2.24, 2.45) is 0 Å². The molecule has 2 aromatic carbocycles. The van der Waals surface area contributed by atoms with Gasteiger partial charge in [-0.1, -0.05) is 29.8 Å². The maximum Gasteiger partial charge on any atom is 0.319 e. The van der Waals surface area contributed by atoms with Crippen LogP contribution in [0.5, 0.6) is 5.75 Å². The van der Waals surface area contributed by atoms with Gasteiger partial charge in [0.15, 0.2) is 0 Å². The summed E-state index contributed by atoms with van der Waals surface area (Å²) in [6, 6.07) is 13.4. The number of anilines is 1. The number of urea groups is 1. The summed E-state index contributed by atoms with van der Waals surface area (Å²) in [5.41, 5.74) is 1.34. The van der Waals surface area contributed by atoms with Gasteiger partial charge in [-0.15, -0.1) is 0 Å². The van der Waals surface area contributed by atoms with Crippen LogP contribution in [0.1, 0.15) is 12.0 Å². The monoisotopic (exact) mass is 302 g/mol. The first-order chi connectivity index (χ1) is 10.6. The van der Waals surface area contributed by atoms with E-state index in [0.717, 1.165) is 5.75 Å². The van der Waals surface area contributed by atoms with Crippen molar-refractivity contribution in [1.82, 2.24) is 5.32 Å².